The largest absolute Gasteiger partial charge is 0.356 e. The van der Waals surface area contributed by atoms with E-state index < -0.39 is 24.0 Å². The molecule has 0 saturated carbocycles. The summed E-state index contributed by atoms with van der Waals surface area (Å²) < 4.78 is 0. The summed E-state index contributed by atoms with van der Waals surface area (Å²) in [6, 6.07) is 20.9. The number of aldehydes is 1. The topological polar surface area (TPSA) is 133 Å². The Balaban J connectivity index is 1.53. The fraction of sp³-hybridized carbons (Fsp3) is 0.432. The Hall–Kier alpha value is -4.53. The van der Waals surface area contributed by atoms with Crippen LogP contribution >= 0.6 is 0 Å². The van der Waals surface area contributed by atoms with Gasteiger partial charge in [0.15, 0.2) is 0 Å². The third-order valence-electron chi connectivity index (χ3n) is 8.45. The normalized spacial score (nSPS) is 16.6. The number of hydrogen-bond acceptors (Lipinski definition) is 5. The average Bonchev–Trinajstić information content (AvgIpc) is 3.04. The van der Waals surface area contributed by atoms with Gasteiger partial charge in [0.25, 0.3) is 0 Å². The van der Waals surface area contributed by atoms with Crippen molar-refractivity contribution in [3.05, 3.63) is 83.9 Å². The highest BCUT2D eigenvalue weighted by Gasteiger charge is 2.31. The minimum Gasteiger partial charge on any atom is -0.356 e. The van der Waals surface area contributed by atoms with Crippen molar-refractivity contribution in [3.8, 4) is 0 Å². The molecule has 3 aromatic carbocycles. The van der Waals surface area contributed by atoms with E-state index in [0.29, 0.717) is 25.8 Å². The lowest BCUT2D eigenvalue weighted by atomic mass is 9.89. The minimum atomic E-state index is -0.929. The van der Waals surface area contributed by atoms with E-state index in [1.807, 2.05) is 86.6 Å². The third-order valence-corrected chi connectivity index (χ3v) is 8.45. The van der Waals surface area contributed by atoms with Gasteiger partial charge < -0.3 is 26.1 Å². The highest BCUT2D eigenvalue weighted by Crippen LogP contribution is 2.21. The number of piperidine rings is 1. The lowest BCUT2D eigenvalue weighted by Gasteiger charge is -2.29. The molecule has 4 rings (SSSR count). The van der Waals surface area contributed by atoms with Crippen molar-refractivity contribution in [2.75, 3.05) is 6.54 Å². The maximum Gasteiger partial charge on any atom is 0.243 e. The standard InChI is InChI=1S/C37H46N4O5/c1-25(2)21-32(36(45)39-30(17-10-20-42)23-29-16-9-19-38-35(29)44)41-37(46)33(40-34(43)22-26-11-4-3-5-12-26)24-28-15-8-14-27-13-6-7-18-31(27)28/h3-8,11-15,18,20,25,29-30,32-33H,9-10,16-17,19,21-24H2,1-2H3,(H,38,44)(H,39,45)(H,40,43)(H,41,46)/t29-,30+,32-,33-/m0/s1. The van der Waals surface area contributed by atoms with E-state index in [1.54, 1.807) is 0 Å². The molecule has 4 N–H and O–H groups in total. The van der Waals surface area contributed by atoms with Crippen LogP contribution in [0.15, 0.2) is 72.8 Å². The first-order valence-corrected chi connectivity index (χ1v) is 16.4. The van der Waals surface area contributed by atoms with Crippen LogP contribution < -0.4 is 21.3 Å². The molecule has 0 bridgehead atoms. The molecule has 3 aromatic rings. The molecule has 1 fully saturated rings. The summed E-state index contributed by atoms with van der Waals surface area (Å²) in [4.78, 5) is 64.6. The van der Waals surface area contributed by atoms with Crippen molar-refractivity contribution in [2.24, 2.45) is 11.8 Å². The Morgan fingerprint density at radius 3 is 2.35 bits per heavy atom. The summed E-state index contributed by atoms with van der Waals surface area (Å²) in [5.41, 5.74) is 1.73. The third kappa shape index (κ3) is 10.3. The molecule has 9 heteroatoms. The number of fused-ring (bicyclic) bond motifs is 1. The average molecular weight is 627 g/mol. The molecule has 0 aliphatic carbocycles. The van der Waals surface area contributed by atoms with Crippen molar-refractivity contribution < 1.29 is 24.0 Å². The molecule has 4 amide bonds. The number of benzene rings is 3. The van der Waals surface area contributed by atoms with Crippen LogP contribution in [0.4, 0.5) is 0 Å². The highest BCUT2D eigenvalue weighted by molar-refractivity contribution is 5.93. The van der Waals surface area contributed by atoms with E-state index in [2.05, 4.69) is 21.3 Å². The molecule has 0 radical (unpaired) electrons. The number of carbonyl (C=O) groups is 5. The summed E-state index contributed by atoms with van der Waals surface area (Å²) in [5.74, 6) is -1.31. The molecule has 1 aliphatic rings. The first-order valence-electron chi connectivity index (χ1n) is 16.4. The van der Waals surface area contributed by atoms with Gasteiger partial charge >= 0.3 is 0 Å². The van der Waals surface area contributed by atoms with Gasteiger partial charge in [-0.1, -0.05) is 86.6 Å². The second kappa shape index (κ2) is 17.2. The fourth-order valence-electron chi connectivity index (χ4n) is 6.13. The van der Waals surface area contributed by atoms with Gasteiger partial charge in [0.1, 0.15) is 18.4 Å². The smallest absolute Gasteiger partial charge is 0.243 e. The monoisotopic (exact) mass is 626 g/mol. The van der Waals surface area contributed by atoms with E-state index >= 15 is 0 Å². The maximum atomic E-state index is 14.0. The Kier molecular flexibility index (Phi) is 12.9. The van der Waals surface area contributed by atoms with Gasteiger partial charge in [-0.2, -0.15) is 0 Å². The fourth-order valence-corrected chi connectivity index (χ4v) is 6.13. The zero-order valence-electron chi connectivity index (χ0n) is 26.8. The quantitative estimate of drug-likeness (QED) is 0.178. The van der Waals surface area contributed by atoms with E-state index in [-0.39, 0.29) is 48.8 Å². The number of rotatable bonds is 16. The predicted octanol–water partition coefficient (Wildman–Crippen LogP) is 4.02. The van der Waals surface area contributed by atoms with Crippen molar-refractivity contribution >= 4 is 40.7 Å². The van der Waals surface area contributed by atoms with Crippen LogP contribution in [0.2, 0.25) is 0 Å². The second-order valence-electron chi connectivity index (χ2n) is 12.6. The maximum absolute atomic E-state index is 14.0. The van der Waals surface area contributed by atoms with Gasteiger partial charge in [-0.3, -0.25) is 19.2 Å². The molecule has 244 valence electrons. The highest BCUT2D eigenvalue weighted by atomic mass is 16.2. The first kappa shape index (κ1) is 34.3. The SMILES string of the molecule is CC(C)C[C@H](NC(=O)[C@H](Cc1cccc2ccccc12)NC(=O)Cc1ccccc1)C(=O)N[C@H](CCC=O)C[C@@H]1CCCNC1=O. The Bertz CT molecular complexity index is 1490. The number of nitrogens with one attached hydrogen (secondary N) is 4. The van der Waals surface area contributed by atoms with Crippen LogP contribution in [0.1, 0.15) is 63.5 Å². The molecule has 9 nitrogen and oxygen atoms in total. The van der Waals surface area contributed by atoms with Gasteiger partial charge in [0, 0.05) is 31.3 Å². The van der Waals surface area contributed by atoms with Gasteiger partial charge in [-0.05, 0) is 59.9 Å². The second-order valence-corrected chi connectivity index (χ2v) is 12.6. The number of hydrogen-bond donors (Lipinski definition) is 4. The van der Waals surface area contributed by atoms with E-state index in [0.717, 1.165) is 41.0 Å². The molecule has 0 unspecified atom stereocenters. The van der Waals surface area contributed by atoms with Crippen LogP contribution in [-0.2, 0) is 36.8 Å². The Morgan fingerprint density at radius 1 is 0.891 bits per heavy atom. The van der Waals surface area contributed by atoms with Crippen molar-refractivity contribution in [1.82, 2.24) is 21.3 Å². The number of amides is 4. The molecule has 4 atom stereocenters. The lowest BCUT2D eigenvalue weighted by molar-refractivity contribution is -0.132. The van der Waals surface area contributed by atoms with Gasteiger partial charge in [0.05, 0.1) is 6.42 Å². The molecule has 0 aromatic heterocycles. The lowest BCUT2D eigenvalue weighted by Crippen LogP contribution is -2.56. The number of carbonyl (C=O) groups excluding carboxylic acids is 5. The summed E-state index contributed by atoms with van der Waals surface area (Å²) >= 11 is 0. The van der Waals surface area contributed by atoms with Crippen LogP contribution in [0.25, 0.3) is 10.8 Å². The molecule has 0 spiro atoms. The first-order chi connectivity index (χ1) is 22.2. The Labute approximate surface area is 271 Å². The van der Waals surface area contributed by atoms with Crippen LogP contribution in [0, 0.1) is 11.8 Å². The summed E-state index contributed by atoms with van der Waals surface area (Å²) in [6.45, 7) is 4.58. The molecule has 1 heterocycles. The molecule has 1 saturated heterocycles. The molecular formula is C37H46N4O5. The zero-order chi connectivity index (χ0) is 32.9. The molecular weight excluding hydrogens is 580 g/mol. The van der Waals surface area contributed by atoms with Gasteiger partial charge in [-0.25, -0.2) is 0 Å². The van der Waals surface area contributed by atoms with E-state index in [1.165, 1.54) is 0 Å². The summed E-state index contributed by atoms with van der Waals surface area (Å²) in [6.07, 6.45) is 4.21. The Morgan fingerprint density at radius 2 is 1.61 bits per heavy atom. The van der Waals surface area contributed by atoms with Crippen LogP contribution in [-0.4, -0.2) is 54.6 Å². The van der Waals surface area contributed by atoms with E-state index in [9.17, 15) is 24.0 Å². The summed E-state index contributed by atoms with van der Waals surface area (Å²) in [7, 11) is 0. The van der Waals surface area contributed by atoms with Crippen molar-refractivity contribution in [2.45, 2.75) is 83.3 Å². The van der Waals surface area contributed by atoms with Crippen LogP contribution in [0.5, 0.6) is 0 Å². The van der Waals surface area contributed by atoms with Crippen LogP contribution in [0.3, 0.4) is 0 Å². The zero-order valence-corrected chi connectivity index (χ0v) is 26.8. The predicted molar refractivity (Wildman–Crippen MR) is 179 cm³/mol. The van der Waals surface area contributed by atoms with Crippen molar-refractivity contribution in [3.63, 3.8) is 0 Å². The summed E-state index contributed by atoms with van der Waals surface area (Å²) in [5, 5.41) is 13.8. The van der Waals surface area contributed by atoms with E-state index in [4.69, 9.17) is 0 Å². The minimum absolute atomic E-state index is 0.0360. The van der Waals surface area contributed by atoms with Crippen molar-refractivity contribution in [1.29, 1.82) is 0 Å². The van der Waals surface area contributed by atoms with Gasteiger partial charge in [0.2, 0.25) is 23.6 Å². The molecule has 1 aliphatic heterocycles. The van der Waals surface area contributed by atoms with Gasteiger partial charge in [-0.15, -0.1) is 0 Å². The molecule has 46 heavy (non-hydrogen) atoms.